The summed E-state index contributed by atoms with van der Waals surface area (Å²) in [4.78, 5) is 11.1. The number of aryl methyl sites for hydroxylation is 1. The van der Waals surface area contributed by atoms with Crippen molar-refractivity contribution >= 4 is 17.3 Å². The second-order valence-electron chi connectivity index (χ2n) is 3.54. The number of carbonyl (C=O) groups is 1. The van der Waals surface area contributed by atoms with Crippen LogP contribution in [-0.2, 0) is 13.5 Å². The molecular formula is C11H12N2O3S. The van der Waals surface area contributed by atoms with Gasteiger partial charge in [-0.3, -0.25) is 4.68 Å². The van der Waals surface area contributed by atoms with E-state index < -0.39 is 5.97 Å². The molecule has 0 radical (unpaired) electrons. The molecule has 0 aromatic carbocycles. The van der Waals surface area contributed by atoms with Gasteiger partial charge in [-0.05, 0) is 17.0 Å². The second-order valence-corrected chi connectivity index (χ2v) is 4.46. The van der Waals surface area contributed by atoms with Crippen LogP contribution in [0.15, 0.2) is 23.8 Å². The van der Waals surface area contributed by atoms with Gasteiger partial charge in [0.25, 0.3) is 0 Å². The lowest BCUT2D eigenvalue weighted by Gasteiger charge is -2.03. The van der Waals surface area contributed by atoms with Gasteiger partial charge in [0.2, 0.25) is 0 Å². The van der Waals surface area contributed by atoms with Crippen molar-refractivity contribution in [3.05, 3.63) is 34.3 Å². The molecule has 0 aliphatic heterocycles. The van der Waals surface area contributed by atoms with Crippen LogP contribution in [-0.4, -0.2) is 27.5 Å². The summed E-state index contributed by atoms with van der Waals surface area (Å²) in [5, 5.41) is 14.6. The molecule has 17 heavy (non-hydrogen) atoms. The minimum atomic E-state index is -0.948. The fourth-order valence-corrected chi connectivity index (χ4v) is 2.12. The van der Waals surface area contributed by atoms with Crippen molar-refractivity contribution in [1.82, 2.24) is 9.78 Å². The molecule has 0 fully saturated rings. The van der Waals surface area contributed by atoms with Gasteiger partial charge in [0, 0.05) is 19.7 Å². The second kappa shape index (κ2) is 5.01. The Bertz CT molecular complexity index is 518. The van der Waals surface area contributed by atoms with Crippen molar-refractivity contribution in [2.75, 3.05) is 6.61 Å². The highest BCUT2D eigenvalue weighted by Crippen LogP contribution is 2.24. The summed E-state index contributed by atoms with van der Waals surface area (Å²) in [6.45, 7) is 0.447. The fraction of sp³-hybridized carbons (Fsp3) is 0.273. The smallest absolute Gasteiger partial charge is 0.349 e. The highest BCUT2D eigenvalue weighted by Gasteiger charge is 2.12. The number of aromatic nitrogens is 2. The number of carboxylic acid groups (broad SMARTS) is 1. The normalized spacial score (nSPS) is 10.4. The summed E-state index contributed by atoms with van der Waals surface area (Å²) in [5.41, 5.74) is 1.07. The lowest BCUT2D eigenvalue weighted by molar-refractivity contribution is 0.0698. The largest absolute Gasteiger partial charge is 0.491 e. The van der Waals surface area contributed by atoms with Gasteiger partial charge >= 0.3 is 5.97 Å². The highest BCUT2D eigenvalue weighted by atomic mass is 32.1. The monoisotopic (exact) mass is 252 g/mol. The van der Waals surface area contributed by atoms with Crippen molar-refractivity contribution in [3.8, 4) is 5.75 Å². The Kier molecular flexibility index (Phi) is 3.43. The van der Waals surface area contributed by atoms with E-state index in [-0.39, 0.29) is 4.88 Å². The lowest BCUT2D eigenvalue weighted by Crippen LogP contribution is -2.03. The maximum Gasteiger partial charge on any atom is 0.349 e. The van der Waals surface area contributed by atoms with Gasteiger partial charge in [0.15, 0.2) is 4.88 Å². The zero-order valence-corrected chi connectivity index (χ0v) is 10.1. The Labute approximate surface area is 102 Å². The molecule has 0 spiro atoms. The van der Waals surface area contributed by atoms with Crippen molar-refractivity contribution in [3.63, 3.8) is 0 Å². The summed E-state index contributed by atoms with van der Waals surface area (Å²) < 4.78 is 7.17. The van der Waals surface area contributed by atoms with Crippen LogP contribution >= 0.6 is 11.3 Å². The third-order valence-corrected chi connectivity index (χ3v) is 3.11. The molecule has 0 amide bonds. The van der Waals surface area contributed by atoms with Gasteiger partial charge in [-0.15, -0.1) is 11.3 Å². The number of carboxylic acids is 1. The minimum absolute atomic E-state index is 0.246. The quantitative estimate of drug-likeness (QED) is 0.881. The van der Waals surface area contributed by atoms with Gasteiger partial charge in [-0.1, -0.05) is 0 Å². The van der Waals surface area contributed by atoms with Crippen LogP contribution in [0.3, 0.4) is 0 Å². The molecule has 0 aliphatic carbocycles. The molecule has 0 saturated heterocycles. The number of aromatic carboxylic acids is 1. The Balaban J connectivity index is 1.90. The van der Waals surface area contributed by atoms with E-state index in [1.807, 2.05) is 13.2 Å². The Morgan fingerprint density at radius 3 is 3.12 bits per heavy atom. The molecule has 0 saturated carbocycles. The molecule has 0 atom stereocenters. The molecule has 5 nitrogen and oxygen atoms in total. The van der Waals surface area contributed by atoms with Gasteiger partial charge in [0.05, 0.1) is 12.8 Å². The van der Waals surface area contributed by atoms with Crippen molar-refractivity contribution in [2.45, 2.75) is 6.42 Å². The van der Waals surface area contributed by atoms with Crippen molar-refractivity contribution in [2.24, 2.45) is 7.05 Å². The number of hydrogen-bond acceptors (Lipinski definition) is 4. The van der Waals surface area contributed by atoms with Crippen LogP contribution in [0.1, 0.15) is 15.2 Å². The molecule has 1 N–H and O–H groups in total. The number of thiophene rings is 1. The molecule has 2 aromatic heterocycles. The first-order chi connectivity index (χ1) is 8.16. The summed E-state index contributed by atoms with van der Waals surface area (Å²) in [6, 6.07) is 1.68. The molecule has 0 aliphatic rings. The highest BCUT2D eigenvalue weighted by molar-refractivity contribution is 7.12. The maximum absolute atomic E-state index is 10.8. The Morgan fingerprint density at radius 1 is 1.65 bits per heavy atom. The third kappa shape index (κ3) is 2.85. The maximum atomic E-state index is 10.8. The summed E-state index contributed by atoms with van der Waals surface area (Å²) in [6.07, 6.45) is 4.40. The predicted molar refractivity (Wildman–Crippen MR) is 63.7 cm³/mol. The van der Waals surface area contributed by atoms with Gasteiger partial charge in [-0.25, -0.2) is 4.79 Å². The number of nitrogens with zero attached hydrogens (tertiary/aromatic N) is 2. The number of rotatable bonds is 5. The van der Waals surface area contributed by atoms with Crippen LogP contribution in [0.25, 0.3) is 0 Å². The molecule has 2 aromatic rings. The Morgan fingerprint density at radius 2 is 2.47 bits per heavy atom. The first-order valence-electron chi connectivity index (χ1n) is 5.08. The zero-order valence-electron chi connectivity index (χ0n) is 9.29. The molecule has 2 heterocycles. The van der Waals surface area contributed by atoms with E-state index in [0.29, 0.717) is 18.8 Å². The van der Waals surface area contributed by atoms with Crippen LogP contribution in [0.4, 0.5) is 0 Å². The van der Waals surface area contributed by atoms with E-state index >= 15 is 0 Å². The standard InChI is InChI=1S/C11H12N2O3S/c1-13-7-8(6-12-13)2-4-16-9-3-5-17-10(9)11(14)15/h3,5-7H,2,4H2,1H3,(H,14,15). The third-order valence-electron chi connectivity index (χ3n) is 2.23. The number of hydrogen-bond donors (Lipinski definition) is 1. The first-order valence-corrected chi connectivity index (χ1v) is 5.96. The average Bonchev–Trinajstić information content (AvgIpc) is 2.87. The molecule has 90 valence electrons. The van der Waals surface area contributed by atoms with E-state index in [1.54, 1.807) is 22.3 Å². The predicted octanol–water partition coefficient (Wildman–Crippen LogP) is 1.80. The summed E-state index contributed by atoms with van der Waals surface area (Å²) >= 11 is 1.17. The molecule has 6 heteroatoms. The van der Waals surface area contributed by atoms with Crippen LogP contribution in [0.2, 0.25) is 0 Å². The molecular weight excluding hydrogens is 240 g/mol. The summed E-state index contributed by atoms with van der Waals surface area (Å²) in [5.74, 6) is -0.511. The molecule has 2 rings (SSSR count). The SMILES string of the molecule is Cn1cc(CCOc2ccsc2C(=O)O)cn1. The van der Waals surface area contributed by atoms with E-state index in [9.17, 15) is 4.79 Å². The minimum Gasteiger partial charge on any atom is -0.491 e. The van der Waals surface area contributed by atoms with E-state index in [0.717, 1.165) is 5.56 Å². The van der Waals surface area contributed by atoms with Crippen LogP contribution in [0.5, 0.6) is 5.75 Å². The zero-order chi connectivity index (χ0) is 12.3. The van der Waals surface area contributed by atoms with E-state index in [1.165, 1.54) is 11.3 Å². The summed E-state index contributed by atoms with van der Waals surface area (Å²) in [7, 11) is 1.85. The van der Waals surface area contributed by atoms with Gasteiger partial charge in [0.1, 0.15) is 5.75 Å². The lowest BCUT2D eigenvalue weighted by atomic mass is 10.3. The van der Waals surface area contributed by atoms with Gasteiger partial charge in [-0.2, -0.15) is 5.10 Å². The van der Waals surface area contributed by atoms with Crippen molar-refractivity contribution in [1.29, 1.82) is 0 Å². The molecule has 0 bridgehead atoms. The Hall–Kier alpha value is -1.82. The van der Waals surface area contributed by atoms with Gasteiger partial charge < -0.3 is 9.84 Å². The van der Waals surface area contributed by atoms with E-state index in [2.05, 4.69) is 5.10 Å². The number of ether oxygens (including phenoxy) is 1. The molecule has 0 unspecified atom stereocenters. The van der Waals surface area contributed by atoms with E-state index in [4.69, 9.17) is 9.84 Å². The first kappa shape index (κ1) is 11.7. The average molecular weight is 252 g/mol. The topological polar surface area (TPSA) is 64.3 Å². The van der Waals surface area contributed by atoms with Crippen molar-refractivity contribution < 1.29 is 14.6 Å². The fourth-order valence-electron chi connectivity index (χ4n) is 1.45. The van der Waals surface area contributed by atoms with Crippen LogP contribution in [0, 0.1) is 0 Å². The van der Waals surface area contributed by atoms with Crippen LogP contribution < -0.4 is 4.74 Å².